The van der Waals surface area contributed by atoms with Crippen molar-refractivity contribution in [2.75, 3.05) is 26.2 Å². The van der Waals surface area contributed by atoms with Crippen LogP contribution in [0.15, 0.2) is 9.52 Å². The number of nitrogens with one attached hydrogen (secondary N) is 2. The quantitative estimate of drug-likeness (QED) is 0.403. The van der Waals surface area contributed by atoms with Gasteiger partial charge >= 0.3 is 0 Å². The van der Waals surface area contributed by atoms with E-state index in [2.05, 4.69) is 44.5 Å². The molecule has 132 valence electrons. The van der Waals surface area contributed by atoms with E-state index < -0.39 is 0 Å². The van der Waals surface area contributed by atoms with Gasteiger partial charge in [0.05, 0.1) is 0 Å². The van der Waals surface area contributed by atoms with Crippen molar-refractivity contribution < 1.29 is 4.52 Å². The second kappa shape index (κ2) is 10.8. The summed E-state index contributed by atoms with van der Waals surface area (Å²) in [5, 5.41) is 10.6. The molecule has 1 saturated heterocycles. The van der Waals surface area contributed by atoms with Crippen molar-refractivity contribution >= 4 is 29.9 Å². The van der Waals surface area contributed by atoms with Gasteiger partial charge in [-0.2, -0.15) is 4.98 Å². The van der Waals surface area contributed by atoms with Gasteiger partial charge in [0.15, 0.2) is 11.8 Å². The van der Waals surface area contributed by atoms with E-state index in [1.54, 1.807) is 0 Å². The van der Waals surface area contributed by atoms with E-state index in [0.717, 1.165) is 38.4 Å². The number of aromatic nitrogens is 2. The molecule has 2 rings (SSSR count). The Morgan fingerprint density at radius 3 is 2.65 bits per heavy atom. The van der Waals surface area contributed by atoms with Crippen LogP contribution in [0.25, 0.3) is 0 Å². The lowest BCUT2D eigenvalue weighted by Crippen LogP contribution is -2.48. The van der Waals surface area contributed by atoms with Gasteiger partial charge in [0.1, 0.15) is 6.54 Å². The number of halogens is 1. The van der Waals surface area contributed by atoms with Gasteiger partial charge in [-0.05, 0) is 39.7 Å². The minimum atomic E-state index is 0. The molecule has 1 aliphatic rings. The normalized spacial score (nSPS) is 16.9. The molecule has 1 aromatic heterocycles. The predicted molar refractivity (Wildman–Crippen MR) is 102 cm³/mol. The van der Waals surface area contributed by atoms with Crippen LogP contribution in [-0.4, -0.2) is 53.2 Å². The first kappa shape index (κ1) is 20.1. The van der Waals surface area contributed by atoms with E-state index in [9.17, 15) is 0 Å². The SMILES string of the molecule is CCCN1CCC(NC(=NCc2nc(C)no2)NCC)CC1.I. The van der Waals surface area contributed by atoms with Crippen molar-refractivity contribution in [3.63, 3.8) is 0 Å². The molecule has 0 unspecified atom stereocenters. The Labute approximate surface area is 155 Å². The van der Waals surface area contributed by atoms with E-state index in [1.807, 2.05) is 6.92 Å². The summed E-state index contributed by atoms with van der Waals surface area (Å²) in [6.45, 7) is 10.9. The number of guanidine groups is 1. The van der Waals surface area contributed by atoms with Gasteiger partial charge in [0, 0.05) is 25.7 Å². The number of aliphatic imine (C=N–C) groups is 1. The molecule has 0 aliphatic carbocycles. The molecule has 2 N–H and O–H groups in total. The number of piperidine rings is 1. The zero-order valence-corrected chi connectivity index (χ0v) is 16.7. The zero-order valence-electron chi connectivity index (χ0n) is 14.3. The molecule has 7 nitrogen and oxygen atoms in total. The Bertz CT molecular complexity index is 470. The lowest BCUT2D eigenvalue weighted by molar-refractivity contribution is 0.206. The summed E-state index contributed by atoms with van der Waals surface area (Å²) in [5.74, 6) is 2.02. The molecule has 1 aromatic rings. The fraction of sp³-hybridized carbons (Fsp3) is 0.800. The van der Waals surface area contributed by atoms with Crippen LogP contribution >= 0.6 is 24.0 Å². The molecule has 1 aliphatic heterocycles. The van der Waals surface area contributed by atoms with Gasteiger partial charge in [0.2, 0.25) is 5.89 Å². The van der Waals surface area contributed by atoms with Crippen molar-refractivity contribution in [3.8, 4) is 0 Å². The number of rotatable bonds is 6. The summed E-state index contributed by atoms with van der Waals surface area (Å²) in [7, 11) is 0. The van der Waals surface area contributed by atoms with Crippen molar-refractivity contribution in [1.29, 1.82) is 0 Å². The molecule has 8 heteroatoms. The first-order valence-electron chi connectivity index (χ1n) is 8.27. The Kier molecular flexibility index (Phi) is 9.46. The van der Waals surface area contributed by atoms with E-state index in [-0.39, 0.29) is 24.0 Å². The molecule has 1 fully saturated rings. The highest BCUT2D eigenvalue weighted by atomic mass is 127. The maximum absolute atomic E-state index is 5.09. The van der Waals surface area contributed by atoms with Gasteiger partial charge in [-0.1, -0.05) is 12.1 Å². The maximum atomic E-state index is 5.09. The van der Waals surface area contributed by atoms with Crippen molar-refractivity contribution in [3.05, 3.63) is 11.7 Å². The van der Waals surface area contributed by atoms with Gasteiger partial charge in [-0.3, -0.25) is 0 Å². The third kappa shape index (κ3) is 7.03. The summed E-state index contributed by atoms with van der Waals surface area (Å²) in [5.41, 5.74) is 0. The van der Waals surface area contributed by atoms with Crippen LogP contribution in [0.5, 0.6) is 0 Å². The Balaban J connectivity index is 0.00000264. The first-order chi connectivity index (χ1) is 10.7. The third-order valence-corrected chi connectivity index (χ3v) is 3.75. The fourth-order valence-electron chi connectivity index (χ4n) is 2.68. The molecule has 2 heterocycles. The van der Waals surface area contributed by atoms with E-state index in [0.29, 0.717) is 24.3 Å². The maximum Gasteiger partial charge on any atom is 0.248 e. The molecule has 0 bridgehead atoms. The average molecular weight is 436 g/mol. The molecule has 0 aromatic carbocycles. The summed E-state index contributed by atoms with van der Waals surface area (Å²) in [4.78, 5) is 11.2. The second-order valence-corrected chi connectivity index (χ2v) is 5.69. The Hall–Kier alpha value is -0.900. The number of likely N-dealkylation sites (tertiary alicyclic amines) is 1. The zero-order chi connectivity index (χ0) is 15.8. The van der Waals surface area contributed by atoms with Crippen LogP contribution in [-0.2, 0) is 6.54 Å². The van der Waals surface area contributed by atoms with E-state index in [1.165, 1.54) is 13.0 Å². The molecule has 0 amide bonds. The molecule has 0 atom stereocenters. The smallest absolute Gasteiger partial charge is 0.248 e. The van der Waals surface area contributed by atoms with Crippen LogP contribution in [0, 0.1) is 6.92 Å². The highest BCUT2D eigenvalue weighted by Crippen LogP contribution is 2.10. The summed E-state index contributed by atoms with van der Waals surface area (Å²) >= 11 is 0. The van der Waals surface area contributed by atoms with Crippen LogP contribution in [0.4, 0.5) is 0 Å². The lowest BCUT2D eigenvalue weighted by atomic mass is 10.1. The van der Waals surface area contributed by atoms with Gasteiger partial charge in [-0.15, -0.1) is 24.0 Å². The molecule has 23 heavy (non-hydrogen) atoms. The summed E-state index contributed by atoms with van der Waals surface area (Å²) < 4.78 is 5.09. The van der Waals surface area contributed by atoms with Crippen molar-refractivity contribution in [2.24, 2.45) is 4.99 Å². The number of hydrogen-bond acceptors (Lipinski definition) is 5. The van der Waals surface area contributed by atoms with Crippen molar-refractivity contribution in [1.82, 2.24) is 25.7 Å². The molecule has 0 spiro atoms. The van der Waals surface area contributed by atoms with Gasteiger partial charge in [-0.25, -0.2) is 4.99 Å². The second-order valence-electron chi connectivity index (χ2n) is 5.69. The van der Waals surface area contributed by atoms with Crippen LogP contribution in [0.2, 0.25) is 0 Å². The van der Waals surface area contributed by atoms with E-state index in [4.69, 9.17) is 4.52 Å². The fourth-order valence-corrected chi connectivity index (χ4v) is 2.68. The molecule has 0 saturated carbocycles. The monoisotopic (exact) mass is 436 g/mol. The van der Waals surface area contributed by atoms with Gasteiger partial charge < -0.3 is 20.1 Å². The topological polar surface area (TPSA) is 78.6 Å². The number of nitrogens with zero attached hydrogens (tertiary/aromatic N) is 4. The lowest BCUT2D eigenvalue weighted by Gasteiger charge is -2.32. The van der Waals surface area contributed by atoms with Crippen LogP contribution < -0.4 is 10.6 Å². The average Bonchev–Trinajstić information content (AvgIpc) is 2.93. The molecular weight excluding hydrogens is 407 g/mol. The summed E-state index contributed by atoms with van der Waals surface area (Å²) in [6.07, 6.45) is 3.54. The number of aryl methyl sites for hydroxylation is 1. The van der Waals surface area contributed by atoms with Crippen LogP contribution in [0.3, 0.4) is 0 Å². The molecule has 0 radical (unpaired) electrons. The highest BCUT2D eigenvalue weighted by molar-refractivity contribution is 14.0. The Morgan fingerprint density at radius 2 is 2.09 bits per heavy atom. The largest absolute Gasteiger partial charge is 0.357 e. The summed E-state index contributed by atoms with van der Waals surface area (Å²) in [6, 6.07) is 0.482. The Morgan fingerprint density at radius 1 is 1.35 bits per heavy atom. The van der Waals surface area contributed by atoms with E-state index >= 15 is 0 Å². The first-order valence-corrected chi connectivity index (χ1v) is 8.27. The minimum Gasteiger partial charge on any atom is -0.357 e. The third-order valence-electron chi connectivity index (χ3n) is 3.75. The minimum absolute atomic E-state index is 0. The van der Waals surface area contributed by atoms with Gasteiger partial charge in [0.25, 0.3) is 0 Å². The standard InChI is InChI=1S/C15H28N6O.HI/c1-4-8-21-9-6-13(7-10-21)19-15(16-5-2)17-11-14-18-12(3)20-22-14;/h13H,4-11H2,1-3H3,(H2,16,17,19);1H. The highest BCUT2D eigenvalue weighted by Gasteiger charge is 2.19. The number of hydrogen-bond donors (Lipinski definition) is 2. The predicted octanol–water partition coefficient (Wildman–Crippen LogP) is 1.93. The van der Waals surface area contributed by atoms with Crippen LogP contribution in [0.1, 0.15) is 44.8 Å². The molecular formula is C15H29IN6O. The van der Waals surface area contributed by atoms with Crippen molar-refractivity contribution in [2.45, 2.75) is 52.6 Å².